The molecule has 25 heavy (non-hydrogen) atoms. The lowest BCUT2D eigenvalue weighted by Crippen LogP contribution is -2.48. The number of hydrogen-bond acceptors (Lipinski definition) is 3. The summed E-state index contributed by atoms with van der Waals surface area (Å²) in [6.45, 7) is 2.41. The van der Waals surface area contributed by atoms with Gasteiger partial charge in [-0.1, -0.05) is 49.2 Å². The molecule has 0 bridgehead atoms. The summed E-state index contributed by atoms with van der Waals surface area (Å²) < 4.78 is 0. The number of benzene rings is 1. The summed E-state index contributed by atoms with van der Waals surface area (Å²) in [5, 5.41) is 3.61. The van der Waals surface area contributed by atoms with Crippen molar-refractivity contribution in [3.05, 3.63) is 60.3 Å². The van der Waals surface area contributed by atoms with E-state index in [0.29, 0.717) is 6.04 Å². The minimum absolute atomic E-state index is 0.560. The highest BCUT2D eigenvalue weighted by Crippen LogP contribution is 2.37. The fraction of sp³-hybridized carbons (Fsp3) is 0.500. The summed E-state index contributed by atoms with van der Waals surface area (Å²) in [5.74, 6) is 1.73. The minimum Gasteiger partial charge on any atom is -0.367 e. The van der Waals surface area contributed by atoms with Crippen LogP contribution in [-0.4, -0.2) is 35.1 Å². The smallest absolute Gasteiger partial charge is 0.126 e. The van der Waals surface area contributed by atoms with E-state index in [9.17, 15) is 0 Å². The van der Waals surface area contributed by atoms with Gasteiger partial charge < -0.3 is 5.32 Å². The molecule has 3 nitrogen and oxygen atoms in total. The van der Waals surface area contributed by atoms with Crippen LogP contribution in [0.15, 0.2) is 54.7 Å². The molecule has 2 unspecified atom stereocenters. The third-order valence-electron chi connectivity index (χ3n) is 5.97. The van der Waals surface area contributed by atoms with Gasteiger partial charge in [-0.05, 0) is 49.3 Å². The highest BCUT2D eigenvalue weighted by Gasteiger charge is 2.33. The Hall–Kier alpha value is -1.87. The highest BCUT2D eigenvalue weighted by atomic mass is 15.2. The predicted octanol–water partition coefficient (Wildman–Crippen LogP) is 4.68. The van der Waals surface area contributed by atoms with Crippen molar-refractivity contribution in [3.63, 3.8) is 0 Å². The standard InChI is InChI=1S/C22H29N3/c1-2-8-18(9-3-1)20-10-4-5-11-21(20)25-16-13-19(14-17-25)24-22-12-6-7-15-23-22/h1-3,6-9,12,15,19-21H,4-5,10-11,13-14,16-17H2,(H,23,24). The van der Waals surface area contributed by atoms with Crippen LogP contribution >= 0.6 is 0 Å². The summed E-state index contributed by atoms with van der Waals surface area (Å²) in [7, 11) is 0. The van der Waals surface area contributed by atoms with Crippen molar-refractivity contribution < 1.29 is 0 Å². The van der Waals surface area contributed by atoms with E-state index in [-0.39, 0.29) is 0 Å². The Morgan fingerprint density at radius 2 is 1.60 bits per heavy atom. The van der Waals surface area contributed by atoms with Crippen LogP contribution in [-0.2, 0) is 0 Å². The number of aromatic nitrogens is 1. The number of pyridine rings is 1. The molecule has 0 radical (unpaired) electrons. The summed E-state index contributed by atoms with van der Waals surface area (Å²) in [4.78, 5) is 7.18. The fourth-order valence-electron chi connectivity index (χ4n) is 4.67. The van der Waals surface area contributed by atoms with E-state index in [2.05, 4.69) is 57.7 Å². The maximum atomic E-state index is 4.41. The van der Waals surface area contributed by atoms with Crippen LogP contribution in [0.5, 0.6) is 0 Å². The largest absolute Gasteiger partial charge is 0.367 e. The van der Waals surface area contributed by atoms with Gasteiger partial charge in [-0.3, -0.25) is 4.90 Å². The van der Waals surface area contributed by atoms with Crippen molar-refractivity contribution in [2.45, 2.75) is 56.5 Å². The van der Waals surface area contributed by atoms with E-state index < -0.39 is 0 Å². The first-order valence-electron chi connectivity index (χ1n) is 9.87. The molecule has 2 aromatic rings. The van der Waals surface area contributed by atoms with Crippen LogP contribution in [0.4, 0.5) is 5.82 Å². The molecule has 2 heterocycles. The van der Waals surface area contributed by atoms with Crippen LogP contribution in [0.25, 0.3) is 0 Å². The molecule has 1 aliphatic carbocycles. The van der Waals surface area contributed by atoms with E-state index in [4.69, 9.17) is 0 Å². The van der Waals surface area contributed by atoms with Gasteiger partial charge in [0.1, 0.15) is 5.82 Å². The van der Waals surface area contributed by atoms with Crippen LogP contribution < -0.4 is 5.32 Å². The molecular weight excluding hydrogens is 306 g/mol. The van der Waals surface area contributed by atoms with Crippen molar-refractivity contribution in [1.29, 1.82) is 0 Å². The summed E-state index contributed by atoms with van der Waals surface area (Å²) in [5.41, 5.74) is 1.54. The monoisotopic (exact) mass is 335 g/mol. The maximum absolute atomic E-state index is 4.41. The van der Waals surface area contributed by atoms with Crippen LogP contribution in [0.1, 0.15) is 50.0 Å². The summed E-state index contributed by atoms with van der Waals surface area (Å²) in [6, 6.07) is 18.6. The topological polar surface area (TPSA) is 28.2 Å². The minimum atomic E-state index is 0.560. The molecule has 132 valence electrons. The average molecular weight is 335 g/mol. The van der Waals surface area contributed by atoms with E-state index in [1.807, 2.05) is 12.3 Å². The Morgan fingerprint density at radius 3 is 2.36 bits per heavy atom. The van der Waals surface area contributed by atoms with Gasteiger partial charge in [0.25, 0.3) is 0 Å². The van der Waals surface area contributed by atoms with Crippen LogP contribution in [0.2, 0.25) is 0 Å². The van der Waals surface area contributed by atoms with Gasteiger partial charge in [0, 0.05) is 31.4 Å². The Labute approximate surface area is 151 Å². The second kappa shape index (κ2) is 8.01. The molecule has 2 aliphatic rings. The fourth-order valence-corrected chi connectivity index (χ4v) is 4.67. The van der Waals surface area contributed by atoms with Crippen LogP contribution in [0, 0.1) is 0 Å². The molecule has 1 N–H and O–H groups in total. The number of nitrogens with one attached hydrogen (secondary N) is 1. The molecule has 1 saturated carbocycles. The third-order valence-corrected chi connectivity index (χ3v) is 5.97. The van der Waals surface area contributed by atoms with Crippen molar-refractivity contribution in [3.8, 4) is 0 Å². The number of piperidine rings is 1. The molecular formula is C22H29N3. The number of anilines is 1. The van der Waals surface area contributed by atoms with Gasteiger partial charge in [0.2, 0.25) is 0 Å². The van der Waals surface area contributed by atoms with Crippen LogP contribution in [0.3, 0.4) is 0 Å². The van der Waals surface area contributed by atoms with Gasteiger partial charge in [-0.25, -0.2) is 4.98 Å². The molecule has 2 atom stereocenters. The second-order valence-corrected chi connectivity index (χ2v) is 7.54. The molecule has 2 fully saturated rings. The first-order valence-corrected chi connectivity index (χ1v) is 9.87. The Kier molecular flexibility index (Phi) is 5.31. The molecule has 1 aliphatic heterocycles. The van der Waals surface area contributed by atoms with E-state index in [1.54, 1.807) is 5.56 Å². The summed E-state index contributed by atoms with van der Waals surface area (Å²) >= 11 is 0. The lowest BCUT2D eigenvalue weighted by atomic mass is 9.78. The predicted molar refractivity (Wildman–Crippen MR) is 104 cm³/mol. The molecule has 0 amide bonds. The highest BCUT2D eigenvalue weighted by molar-refractivity contribution is 5.34. The molecule has 3 heteroatoms. The van der Waals surface area contributed by atoms with Gasteiger partial charge in [0.15, 0.2) is 0 Å². The Balaban J connectivity index is 1.37. The summed E-state index contributed by atoms with van der Waals surface area (Å²) in [6.07, 6.45) is 9.78. The van der Waals surface area contributed by atoms with Gasteiger partial charge in [-0.2, -0.15) is 0 Å². The van der Waals surface area contributed by atoms with E-state index >= 15 is 0 Å². The zero-order valence-corrected chi connectivity index (χ0v) is 15.0. The normalized spacial score (nSPS) is 25.6. The number of nitrogens with zero attached hydrogens (tertiary/aromatic N) is 2. The van der Waals surface area contributed by atoms with Crippen molar-refractivity contribution >= 4 is 5.82 Å². The quantitative estimate of drug-likeness (QED) is 0.879. The number of rotatable bonds is 4. The van der Waals surface area contributed by atoms with E-state index in [1.165, 1.54) is 51.6 Å². The zero-order valence-electron chi connectivity index (χ0n) is 15.0. The first-order chi connectivity index (χ1) is 12.4. The molecule has 1 aromatic heterocycles. The lowest BCUT2D eigenvalue weighted by Gasteiger charge is -2.43. The van der Waals surface area contributed by atoms with E-state index in [0.717, 1.165) is 17.8 Å². The molecule has 0 spiro atoms. The maximum Gasteiger partial charge on any atom is 0.126 e. The van der Waals surface area contributed by atoms with Crippen molar-refractivity contribution in [1.82, 2.24) is 9.88 Å². The Bertz CT molecular complexity index is 635. The number of hydrogen-bond donors (Lipinski definition) is 1. The second-order valence-electron chi connectivity index (χ2n) is 7.54. The van der Waals surface area contributed by atoms with Gasteiger partial charge in [0.05, 0.1) is 0 Å². The lowest BCUT2D eigenvalue weighted by molar-refractivity contribution is 0.109. The SMILES string of the molecule is c1ccc(C2CCCCC2N2CCC(Nc3ccccn3)CC2)cc1. The molecule has 4 rings (SSSR count). The number of likely N-dealkylation sites (tertiary alicyclic amines) is 1. The average Bonchev–Trinajstić information content (AvgIpc) is 2.70. The Morgan fingerprint density at radius 1 is 0.840 bits per heavy atom. The molecule has 1 aromatic carbocycles. The molecule has 1 saturated heterocycles. The van der Waals surface area contributed by atoms with Gasteiger partial charge >= 0.3 is 0 Å². The first kappa shape index (κ1) is 16.6. The van der Waals surface area contributed by atoms with Crippen molar-refractivity contribution in [2.24, 2.45) is 0 Å². The van der Waals surface area contributed by atoms with Crippen molar-refractivity contribution in [2.75, 3.05) is 18.4 Å². The van der Waals surface area contributed by atoms with Gasteiger partial charge in [-0.15, -0.1) is 0 Å². The third kappa shape index (κ3) is 4.04. The zero-order chi connectivity index (χ0) is 16.9.